The van der Waals surface area contributed by atoms with Crippen LogP contribution in [0.4, 0.5) is 0 Å². The molecule has 0 spiro atoms. The Morgan fingerprint density at radius 1 is 0.646 bits per heavy atom. The number of rotatable bonds is 35. The Morgan fingerprint density at radius 2 is 1.25 bits per heavy atom. The zero-order valence-electron chi connectivity index (χ0n) is 53.7. The van der Waals surface area contributed by atoms with Gasteiger partial charge in [-0.3, -0.25) is 9.59 Å². The van der Waals surface area contributed by atoms with Crippen LogP contribution in [0.3, 0.4) is 0 Å². The summed E-state index contributed by atoms with van der Waals surface area (Å²) in [5, 5.41) is 9.52. The maximum Gasteiger partial charge on any atom is 0.311 e. The van der Waals surface area contributed by atoms with Crippen molar-refractivity contribution in [1.29, 1.82) is 0 Å². The van der Waals surface area contributed by atoms with E-state index in [2.05, 4.69) is 101 Å². The number of aliphatic hydroxyl groups is 1. The zero-order valence-corrected chi connectivity index (χ0v) is 53.7. The van der Waals surface area contributed by atoms with Crippen molar-refractivity contribution in [3.05, 3.63) is 33.9 Å². The van der Waals surface area contributed by atoms with Gasteiger partial charge in [-0.15, -0.1) is 0 Å². The van der Waals surface area contributed by atoms with Crippen LogP contribution in [0.25, 0.3) is 0 Å². The maximum atomic E-state index is 13.4. The summed E-state index contributed by atoms with van der Waals surface area (Å²) < 4.78 is 19.3. The molecular formula is C72H123NO6. The molecule has 7 nitrogen and oxygen atoms in total. The van der Waals surface area contributed by atoms with Gasteiger partial charge in [-0.1, -0.05) is 151 Å². The van der Waals surface area contributed by atoms with E-state index in [1.165, 1.54) is 108 Å². The zero-order chi connectivity index (χ0) is 57.3. The van der Waals surface area contributed by atoms with Gasteiger partial charge >= 0.3 is 11.9 Å². The average molecular weight is 1100 g/mol. The van der Waals surface area contributed by atoms with Crippen molar-refractivity contribution in [1.82, 2.24) is 4.90 Å². The number of fused-ring (bicyclic) bond motifs is 6. The molecule has 452 valence electrons. The lowest BCUT2D eigenvalue weighted by molar-refractivity contribution is -0.151. The van der Waals surface area contributed by atoms with Crippen molar-refractivity contribution >= 4 is 11.9 Å². The van der Waals surface area contributed by atoms with Gasteiger partial charge in [0.15, 0.2) is 0 Å². The van der Waals surface area contributed by atoms with Crippen LogP contribution in [0.15, 0.2) is 11.6 Å². The van der Waals surface area contributed by atoms with Gasteiger partial charge in [0.05, 0.1) is 0 Å². The molecule has 0 bridgehead atoms. The molecule has 5 aliphatic rings. The first-order valence-corrected chi connectivity index (χ1v) is 33.9. The van der Waals surface area contributed by atoms with E-state index >= 15 is 0 Å². The number of benzene rings is 1. The first-order chi connectivity index (χ1) is 37.7. The number of nitrogens with zero attached hydrogens (tertiary/aromatic N) is 1. The largest absolute Gasteiger partial charge is 0.487 e. The molecule has 0 aromatic heterocycles. The number of ether oxygens (including phenoxy) is 3. The minimum Gasteiger partial charge on any atom is -0.487 e. The Labute approximate surface area is 486 Å². The molecule has 4 aliphatic carbocycles. The minimum absolute atomic E-state index is 0.0117. The Hall–Kier alpha value is -2.38. The molecule has 1 aliphatic heterocycles. The van der Waals surface area contributed by atoms with E-state index in [9.17, 15) is 14.7 Å². The number of carbonyl (C=O) groups excluding carboxylic acids is 2. The molecule has 7 heteroatoms. The molecule has 0 saturated heterocycles. The maximum absolute atomic E-state index is 13.4. The second kappa shape index (κ2) is 31.5. The van der Waals surface area contributed by atoms with Crippen molar-refractivity contribution in [3.8, 4) is 11.5 Å². The summed E-state index contributed by atoms with van der Waals surface area (Å²) in [5.74, 6) is 9.06. The fourth-order valence-electron chi connectivity index (χ4n) is 16.9. The van der Waals surface area contributed by atoms with Crippen LogP contribution in [0, 0.1) is 84.9 Å². The van der Waals surface area contributed by atoms with E-state index in [0.717, 1.165) is 191 Å². The topological polar surface area (TPSA) is 85.3 Å². The third-order valence-corrected chi connectivity index (χ3v) is 22.2. The van der Waals surface area contributed by atoms with Gasteiger partial charge < -0.3 is 24.2 Å². The second-order valence-corrected chi connectivity index (χ2v) is 29.4. The molecule has 3 saturated carbocycles. The summed E-state index contributed by atoms with van der Waals surface area (Å²) in [5.41, 5.74) is 6.62. The van der Waals surface area contributed by atoms with Crippen molar-refractivity contribution < 1.29 is 28.9 Å². The van der Waals surface area contributed by atoms with Gasteiger partial charge in [-0.25, -0.2) is 0 Å². The van der Waals surface area contributed by atoms with E-state index in [1.807, 2.05) is 0 Å². The van der Waals surface area contributed by atoms with Crippen LogP contribution in [0.2, 0.25) is 0 Å². The Kier molecular flexibility index (Phi) is 26.2. The number of hydrogen-bond acceptors (Lipinski definition) is 7. The van der Waals surface area contributed by atoms with E-state index in [0.29, 0.717) is 18.3 Å². The molecule has 1 heterocycles. The van der Waals surface area contributed by atoms with Crippen molar-refractivity contribution in [3.63, 3.8) is 0 Å². The molecule has 1 aromatic rings. The summed E-state index contributed by atoms with van der Waals surface area (Å²) in [6, 6.07) is 0. The first-order valence-electron chi connectivity index (χ1n) is 33.9. The first kappa shape index (κ1) is 65.8. The lowest BCUT2D eigenvalue weighted by atomic mass is 9.47. The summed E-state index contributed by atoms with van der Waals surface area (Å²) in [7, 11) is 0. The third-order valence-electron chi connectivity index (χ3n) is 22.2. The molecule has 3 fully saturated rings. The van der Waals surface area contributed by atoms with Crippen LogP contribution < -0.4 is 9.47 Å². The van der Waals surface area contributed by atoms with Crippen LogP contribution >= 0.6 is 0 Å². The number of aliphatic hydroxyl groups excluding tert-OH is 1. The van der Waals surface area contributed by atoms with Crippen molar-refractivity contribution in [2.75, 3.05) is 26.2 Å². The molecule has 11 unspecified atom stereocenters. The predicted molar refractivity (Wildman–Crippen MR) is 331 cm³/mol. The molecule has 1 N–H and O–H groups in total. The van der Waals surface area contributed by atoms with Gasteiger partial charge in [0.25, 0.3) is 0 Å². The SMILES string of the molecule is Cc1c(C)c2c(c(C)c1OC(=O)CCCCCN(CCCCO)CCCCCC(=O)OC1CCC3(C)C(=CCC4C3CCC3(C)C(C(C)CCCC(C)C)CCC43)C1)CCC(C)(CCCC(C)CCCC(C)CCCC(C)C)O2. The Morgan fingerprint density at radius 3 is 1.90 bits per heavy atom. The highest BCUT2D eigenvalue weighted by Crippen LogP contribution is 2.67. The molecular weight excluding hydrogens is 975 g/mol. The number of esters is 2. The fourth-order valence-corrected chi connectivity index (χ4v) is 16.9. The van der Waals surface area contributed by atoms with E-state index in [4.69, 9.17) is 14.2 Å². The van der Waals surface area contributed by atoms with E-state index < -0.39 is 0 Å². The molecule has 6 rings (SSSR count). The van der Waals surface area contributed by atoms with Crippen LogP contribution in [0.1, 0.15) is 291 Å². The van der Waals surface area contributed by atoms with E-state index in [-0.39, 0.29) is 35.7 Å². The quantitative estimate of drug-likeness (QED) is 0.0314. The monoisotopic (exact) mass is 1100 g/mol. The number of allylic oxidation sites excluding steroid dienone is 1. The highest BCUT2D eigenvalue weighted by molar-refractivity contribution is 5.74. The number of hydrogen-bond donors (Lipinski definition) is 1. The second-order valence-electron chi connectivity index (χ2n) is 29.4. The molecule has 11 atom stereocenters. The van der Waals surface area contributed by atoms with Crippen molar-refractivity contribution in [2.45, 2.75) is 307 Å². The molecule has 79 heavy (non-hydrogen) atoms. The standard InChI is InChI=1S/C72H123NO6/c1-51(2)26-22-28-53(5)29-24-30-54(6)31-25-42-70(11)43-40-61-58(10)68(56(8)57(9)69(61)79-70)78-67(76)34-17-15-19-47-73(48-20-21-49-74)46-18-14-16-33-66(75)77-60-39-44-71(12)59(50-60)35-36-62-64-38-37-63(55(7)32-23-27-52(3)4)72(64,13)45-41-65(62)71/h35,51-55,60,62-65,74H,14-34,36-50H2,1-13H3. The Bertz CT molecular complexity index is 2060. The Balaban J connectivity index is 0.855. The van der Waals surface area contributed by atoms with Gasteiger partial charge in [0.1, 0.15) is 23.2 Å². The normalized spacial score (nSPS) is 27.7. The minimum atomic E-state index is -0.163. The summed E-state index contributed by atoms with van der Waals surface area (Å²) in [6.07, 6.45) is 38.9. The van der Waals surface area contributed by atoms with Crippen LogP contribution in [-0.4, -0.2) is 59.9 Å². The number of unbranched alkanes of at least 4 members (excludes halogenated alkanes) is 5. The van der Waals surface area contributed by atoms with Crippen LogP contribution in [0.5, 0.6) is 11.5 Å². The lowest BCUT2D eigenvalue weighted by Gasteiger charge is -2.58. The van der Waals surface area contributed by atoms with Gasteiger partial charge in [-0.05, 0) is 237 Å². The predicted octanol–water partition coefficient (Wildman–Crippen LogP) is 19.2. The van der Waals surface area contributed by atoms with Gasteiger partial charge in [-0.2, -0.15) is 0 Å². The van der Waals surface area contributed by atoms with Gasteiger partial charge in [0, 0.05) is 31.4 Å². The summed E-state index contributed by atoms with van der Waals surface area (Å²) in [4.78, 5) is 29.1. The van der Waals surface area contributed by atoms with E-state index in [1.54, 1.807) is 5.57 Å². The fraction of sp³-hybridized carbons (Fsp3) is 0.861. The average Bonchev–Trinajstić information content (AvgIpc) is 4.07. The summed E-state index contributed by atoms with van der Waals surface area (Å²) >= 11 is 0. The van der Waals surface area contributed by atoms with Crippen LogP contribution in [-0.2, 0) is 20.7 Å². The molecule has 0 amide bonds. The smallest absolute Gasteiger partial charge is 0.311 e. The lowest BCUT2D eigenvalue weighted by Crippen LogP contribution is -2.51. The van der Waals surface area contributed by atoms with Crippen molar-refractivity contribution in [2.24, 2.45) is 64.1 Å². The number of carbonyl (C=O) groups is 2. The molecule has 1 aromatic carbocycles. The highest BCUT2D eigenvalue weighted by Gasteiger charge is 2.59. The van der Waals surface area contributed by atoms with Gasteiger partial charge in [0.2, 0.25) is 0 Å². The summed E-state index contributed by atoms with van der Waals surface area (Å²) in [6.45, 7) is 34.0. The highest BCUT2D eigenvalue weighted by atomic mass is 16.5. The third kappa shape index (κ3) is 18.6. The molecule has 0 radical (unpaired) electrons.